The Morgan fingerprint density at radius 3 is 2.93 bits per heavy atom. The Balaban J connectivity index is 2.70. The zero-order valence-electron chi connectivity index (χ0n) is 8.87. The van der Waals surface area contributed by atoms with E-state index in [1.807, 2.05) is 12.1 Å². The summed E-state index contributed by atoms with van der Waals surface area (Å²) in [6, 6.07) is 6.40. The molecule has 0 spiro atoms. The maximum atomic E-state index is 5.92. The summed E-state index contributed by atoms with van der Waals surface area (Å²) in [5, 5.41) is 0. The number of nitrogens with two attached hydrogens (primary N) is 1. The van der Waals surface area contributed by atoms with E-state index in [1.54, 1.807) is 0 Å². The van der Waals surface area contributed by atoms with Crippen molar-refractivity contribution in [3.8, 4) is 0 Å². The van der Waals surface area contributed by atoms with Crippen LogP contribution in [-0.4, -0.2) is 9.55 Å². The Hall–Kier alpha value is -1.03. The number of imidazole rings is 1. The summed E-state index contributed by atoms with van der Waals surface area (Å²) in [6.45, 7) is 4.30. The summed E-state index contributed by atoms with van der Waals surface area (Å²) in [6.07, 6.45) is 1.04. The molecule has 0 saturated carbocycles. The van der Waals surface area contributed by atoms with Gasteiger partial charge in [-0.3, -0.25) is 0 Å². The number of fused-ring (bicyclic) bond motifs is 1. The van der Waals surface area contributed by atoms with Crippen LogP contribution in [0.15, 0.2) is 22.7 Å². The van der Waals surface area contributed by atoms with Crippen molar-refractivity contribution in [1.29, 1.82) is 0 Å². The van der Waals surface area contributed by atoms with Gasteiger partial charge < -0.3 is 10.3 Å². The highest BCUT2D eigenvalue weighted by molar-refractivity contribution is 9.10. The first kappa shape index (κ1) is 10.5. The molecule has 0 aliphatic heterocycles. The van der Waals surface area contributed by atoms with Gasteiger partial charge in [0.2, 0.25) is 5.95 Å². The van der Waals surface area contributed by atoms with E-state index in [0.29, 0.717) is 12.0 Å². The molecular weight excluding hydrogens is 254 g/mol. The second kappa shape index (κ2) is 3.85. The number of rotatable bonds is 2. The minimum Gasteiger partial charge on any atom is -0.369 e. The second-order valence-electron chi connectivity index (χ2n) is 3.73. The summed E-state index contributed by atoms with van der Waals surface area (Å²) < 4.78 is 3.14. The first-order chi connectivity index (χ1) is 7.13. The summed E-state index contributed by atoms with van der Waals surface area (Å²) in [7, 11) is 0. The van der Waals surface area contributed by atoms with E-state index in [-0.39, 0.29) is 0 Å². The van der Waals surface area contributed by atoms with Gasteiger partial charge in [-0.15, -0.1) is 0 Å². The van der Waals surface area contributed by atoms with Gasteiger partial charge in [-0.05, 0) is 31.5 Å². The summed E-state index contributed by atoms with van der Waals surface area (Å²) in [5.74, 6) is 0.595. The van der Waals surface area contributed by atoms with Gasteiger partial charge in [-0.1, -0.05) is 22.9 Å². The van der Waals surface area contributed by atoms with Crippen LogP contribution in [0.1, 0.15) is 26.3 Å². The molecule has 1 heterocycles. The fraction of sp³-hybridized carbons (Fsp3) is 0.364. The molecule has 0 aliphatic rings. The van der Waals surface area contributed by atoms with Gasteiger partial charge in [-0.2, -0.15) is 0 Å². The molecule has 1 atom stereocenters. The molecule has 0 radical (unpaired) electrons. The van der Waals surface area contributed by atoms with Crippen LogP contribution < -0.4 is 5.73 Å². The lowest BCUT2D eigenvalue weighted by Crippen LogP contribution is -2.07. The number of aromatic nitrogens is 2. The SMILES string of the molecule is CCC(C)n1c(N)nc2ccc(Br)cc21. The number of anilines is 1. The monoisotopic (exact) mass is 267 g/mol. The molecule has 3 nitrogen and oxygen atoms in total. The van der Waals surface area contributed by atoms with Crippen LogP contribution in [-0.2, 0) is 0 Å². The van der Waals surface area contributed by atoms with Crippen molar-refractivity contribution in [2.24, 2.45) is 0 Å². The van der Waals surface area contributed by atoms with Crippen LogP contribution >= 0.6 is 15.9 Å². The van der Waals surface area contributed by atoms with Crippen molar-refractivity contribution in [3.63, 3.8) is 0 Å². The Morgan fingerprint density at radius 1 is 1.53 bits per heavy atom. The predicted molar refractivity (Wildman–Crippen MR) is 66.8 cm³/mol. The molecule has 4 heteroatoms. The highest BCUT2D eigenvalue weighted by atomic mass is 79.9. The topological polar surface area (TPSA) is 43.8 Å². The van der Waals surface area contributed by atoms with E-state index < -0.39 is 0 Å². The van der Waals surface area contributed by atoms with Crippen molar-refractivity contribution in [2.75, 3.05) is 5.73 Å². The fourth-order valence-electron chi connectivity index (χ4n) is 1.73. The highest BCUT2D eigenvalue weighted by Crippen LogP contribution is 2.26. The van der Waals surface area contributed by atoms with E-state index in [1.165, 1.54) is 0 Å². The zero-order chi connectivity index (χ0) is 11.0. The first-order valence-corrected chi connectivity index (χ1v) is 5.85. The lowest BCUT2D eigenvalue weighted by molar-refractivity contribution is 0.552. The van der Waals surface area contributed by atoms with Gasteiger partial charge >= 0.3 is 0 Å². The maximum absolute atomic E-state index is 5.92. The van der Waals surface area contributed by atoms with E-state index >= 15 is 0 Å². The lowest BCUT2D eigenvalue weighted by Gasteiger charge is -2.13. The Labute approximate surface area is 97.4 Å². The average Bonchev–Trinajstić information content (AvgIpc) is 2.52. The lowest BCUT2D eigenvalue weighted by atomic mass is 10.2. The van der Waals surface area contributed by atoms with E-state index in [4.69, 9.17) is 5.73 Å². The van der Waals surface area contributed by atoms with Crippen molar-refractivity contribution in [3.05, 3.63) is 22.7 Å². The first-order valence-electron chi connectivity index (χ1n) is 5.06. The molecule has 1 aromatic heterocycles. The third kappa shape index (κ3) is 1.74. The van der Waals surface area contributed by atoms with Gasteiger partial charge in [0.05, 0.1) is 11.0 Å². The van der Waals surface area contributed by atoms with E-state index in [2.05, 4.69) is 45.4 Å². The van der Waals surface area contributed by atoms with E-state index in [9.17, 15) is 0 Å². The smallest absolute Gasteiger partial charge is 0.201 e. The third-order valence-electron chi connectivity index (χ3n) is 2.71. The Bertz CT molecular complexity index is 490. The van der Waals surface area contributed by atoms with Crippen LogP contribution in [0.4, 0.5) is 5.95 Å². The van der Waals surface area contributed by atoms with Crippen molar-refractivity contribution in [2.45, 2.75) is 26.3 Å². The second-order valence-corrected chi connectivity index (χ2v) is 4.65. The van der Waals surface area contributed by atoms with Crippen LogP contribution in [0, 0.1) is 0 Å². The van der Waals surface area contributed by atoms with Gasteiger partial charge in [0.25, 0.3) is 0 Å². The number of halogens is 1. The molecule has 2 rings (SSSR count). The highest BCUT2D eigenvalue weighted by Gasteiger charge is 2.12. The van der Waals surface area contributed by atoms with Crippen molar-refractivity contribution >= 4 is 32.9 Å². The minimum atomic E-state index is 0.379. The Kier molecular flexibility index (Phi) is 2.69. The predicted octanol–water partition coefficient (Wildman–Crippen LogP) is 3.35. The molecule has 0 fully saturated rings. The molecular formula is C11H14BrN3. The molecule has 1 unspecified atom stereocenters. The number of nitrogen functional groups attached to an aromatic ring is 1. The van der Waals surface area contributed by atoms with Crippen LogP contribution in [0.3, 0.4) is 0 Å². The number of hydrogen-bond donors (Lipinski definition) is 1. The largest absolute Gasteiger partial charge is 0.369 e. The van der Waals surface area contributed by atoms with Crippen molar-refractivity contribution < 1.29 is 0 Å². The number of nitrogens with zero attached hydrogens (tertiary/aromatic N) is 2. The standard InChI is InChI=1S/C11H14BrN3/c1-3-7(2)15-10-6-8(12)4-5-9(10)14-11(15)13/h4-7H,3H2,1-2H3,(H2,13,14). The molecule has 0 amide bonds. The molecule has 2 N–H and O–H groups in total. The van der Waals surface area contributed by atoms with Crippen molar-refractivity contribution in [1.82, 2.24) is 9.55 Å². The number of hydrogen-bond acceptors (Lipinski definition) is 2. The van der Waals surface area contributed by atoms with Gasteiger partial charge in [-0.25, -0.2) is 4.98 Å². The van der Waals surface area contributed by atoms with E-state index in [0.717, 1.165) is 21.9 Å². The normalized spacial score (nSPS) is 13.3. The maximum Gasteiger partial charge on any atom is 0.201 e. The fourth-order valence-corrected chi connectivity index (χ4v) is 2.08. The molecule has 0 bridgehead atoms. The van der Waals surface area contributed by atoms with Gasteiger partial charge in [0.1, 0.15) is 0 Å². The molecule has 2 aromatic rings. The van der Waals surface area contributed by atoms with Crippen LogP contribution in [0.25, 0.3) is 11.0 Å². The Morgan fingerprint density at radius 2 is 2.27 bits per heavy atom. The van der Waals surface area contributed by atoms with Gasteiger partial charge in [0, 0.05) is 10.5 Å². The zero-order valence-corrected chi connectivity index (χ0v) is 10.5. The quantitative estimate of drug-likeness (QED) is 0.907. The van der Waals surface area contributed by atoms with Crippen LogP contribution in [0.5, 0.6) is 0 Å². The molecule has 0 saturated heterocycles. The molecule has 15 heavy (non-hydrogen) atoms. The molecule has 0 aliphatic carbocycles. The summed E-state index contributed by atoms with van der Waals surface area (Å²) >= 11 is 3.46. The summed E-state index contributed by atoms with van der Waals surface area (Å²) in [5.41, 5.74) is 7.96. The minimum absolute atomic E-state index is 0.379. The molecule has 80 valence electrons. The van der Waals surface area contributed by atoms with Gasteiger partial charge in [0.15, 0.2) is 0 Å². The average molecular weight is 268 g/mol. The summed E-state index contributed by atoms with van der Waals surface area (Å²) in [4.78, 5) is 4.34. The van der Waals surface area contributed by atoms with Crippen LogP contribution in [0.2, 0.25) is 0 Å². The molecule has 1 aromatic carbocycles. The number of benzene rings is 1. The third-order valence-corrected chi connectivity index (χ3v) is 3.20.